The van der Waals surface area contributed by atoms with Gasteiger partial charge in [-0.25, -0.2) is 8.42 Å². The highest BCUT2D eigenvalue weighted by Crippen LogP contribution is 2.27. The van der Waals surface area contributed by atoms with Crippen LogP contribution in [0.4, 0.5) is 5.69 Å². The number of rotatable bonds is 13. The summed E-state index contributed by atoms with van der Waals surface area (Å²) in [5.41, 5.74) is 2.04. The van der Waals surface area contributed by atoms with Crippen molar-refractivity contribution >= 4 is 43.5 Å². The van der Waals surface area contributed by atoms with E-state index in [2.05, 4.69) is 21.2 Å². The fraction of sp³-hybridized carbons (Fsp3) is 0.355. The van der Waals surface area contributed by atoms with Gasteiger partial charge in [0.05, 0.1) is 17.7 Å². The van der Waals surface area contributed by atoms with Gasteiger partial charge in [0.2, 0.25) is 11.8 Å². The molecule has 2 amide bonds. The molecule has 3 aromatic carbocycles. The van der Waals surface area contributed by atoms with Gasteiger partial charge in [0, 0.05) is 17.1 Å². The number of nitrogens with one attached hydrogen (secondary N) is 1. The maximum Gasteiger partial charge on any atom is 0.264 e. The first-order valence-corrected chi connectivity index (χ1v) is 15.8. The summed E-state index contributed by atoms with van der Waals surface area (Å²) in [4.78, 5) is 29.0. The van der Waals surface area contributed by atoms with Crippen molar-refractivity contribution in [3.8, 4) is 5.75 Å². The van der Waals surface area contributed by atoms with Gasteiger partial charge in [0.25, 0.3) is 10.0 Å². The average molecular weight is 645 g/mol. The summed E-state index contributed by atoms with van der Waals surface area (Å²) < 4.78 is 35.0. The maximum absolute atomic E-state index is 14.1. The van der Waals surface area contributed by atoms with Gasteiger partial charge in [0.1, 0.15) is 18.3 Å². The quantitative estimate of drug-likeness (QED) is 0.258. The van der Waals surface area contributed by atoms with Crippen LogP contribution in [0.1, 0.15) is 44.7 Å². The van der Waals surface area contributed by atoms with Gasteiger partial charge in [-0.15, -0.1) is 0 Å². The average Bonchev–Trinajstić information content (AvgIpc) is 2.96. The lowest BCUT2D eigenvalue weighted by molar-refractivity contribution is -0.140. The monoisotopic (exact) mass is 643 g/mol. The molecule has 1 N–H and O–H groups in total. The van der Waals surface area contributed by atoms with Crippen LogP contribution in [0.2, 0.25) is 0 Å². The van der Waals surface area contributed by atoms with Crippen LogP contribution in [0.25, 0.3) is 0 Å². The zero-order chi connectivity index (χ0) is 30.2. The number of nitrogens with zero attached hydrogens (tertiary/aromatic N) is 2. The SMILES string of the molecule is CCC(C)NC(=O)C(CC)N(Cc1ccc(OC)cc1)C(=O)CN(c1ccc(Br)cc1)S(=O)(=O)c1ccc(C)cc1. The molecule has 0 bridgehead atoms. The summed E-state index contributed by atoms with van der Waals surface area (Å²) in [6.07, 6.45) is 1.09. The zero-order valence-electron chi connectivity index (χ0n) is 24.1. The Hall–Kier alpha value is -3.37. The van der Waals surface area contributed by atoms with Crippen LogP contribution in [-0.4, -0.2) is 50.9 Å². The number of sulfonamides is 1. The van der Waals surface area contributed by atoms with Crippen LogP contribution >= 0.6 is 15.9 Å². The van der Waals surface area contributed by atoms with Crippen LogP contribution in [0.5, 0.6) is 5.75 Å². The topological polar surface area (TPSA) is 96.0 Å². The first kappa shape index (κ1) is 32.1. The maximum atomic E-state index is 14.1. The predicted octanol–water partition coefficient (Wildman–Crippen LogP) is 5.68. The highest BCUT2D eigenvalue weighted by atomic mass is 79.9. The van der Waals surface area contributed by atoms with Crippen molar-refractivity contribution in [2.75, 3.05) is 18.0 Å². The second kappa shape index (κ2) is 14.5. The molecular weight excluding hydrogens is 606 g/mol. The number of aryl methyl sites for hydroxylation is 1. The number of hydrogen-bond donors (Lipinski definition) is 1. The molecule has 10 heteroatoms. The van der Waals surface area contributed by atoms with Crippen molar-refractivity contribution in [2.45, 2.75) is 64.1 Å². The molecule has 3 rings (SSSR count). The number of benzene rings is 3. The van der Waals surface area contributed by atoms with E-state index in [4.69, 9.17) is 4.74 Å². The van der Waals surface area contributed by atoms with Crippen molar-refractivity contribution in [1.82, 2.24) is 10.2 Å². The summed E-state index contributed by atoms with van der Waals surface area (Å²) >= 11 is 3.39. The molecule has 0 saturated carbocycles. The fourth-order valence-electron chi connectivity index (χ4n) is 4.26. The van der Waals surface area contributed by atoms with E-state index < -0.39 is 28.5 Å². The van der Waals surface area contributed by atoms with Gasteiger partial charge in [0.15, 0.2) is 0 Å². The number of carbonyl (C=O) groups is 2. The Balaban J connectivity index is 2.05. The summed E-state index contributed by atoms with van der Waals surface area (Å²) in [6, 6.07) is 19.6. The molecule has 0 fully saturated rings. The Bertz CT molecular complexity index is 1410. The highest BCUT2D eigenvalue weighted by molar-refractivity contribution is 9.10. The first-order chi connectivity index (χ1) is 19.5. The second-order valence-corrected chi connectivity index (χ2v) is 12.7. The van der Waals surface area contributed by atoms with E-state index >= 15 is 0 Å². The third kappa shape index (κ3) is 8.33. The molecule has 0 heterocycles. The van der Waals surface area contributed by atoms with Crippen molar-refractivity contribution in [2.24, 2.45) is 0 Å². The third-order valence-corrected chi connectivity index (χ3v) is 9.22. The van der Waals surface area contributed by atoms with E-state index in [-0.39, 0.29) is 23.4 Å². The van der Waals surface area contributed by atoms with Crippen LogP contribution in [0, 0.1) is 6.92 Å². The van der Waals surface area contributed by atoms with Crippen LogP contribution < -0.4 is 14.4 Å². The van der Waals surface area contributed by atoms with Gasteiger partial charge >= 0.3 is 0 Å². The van der Waals surface area contributed by atoms with Crippen LogP contribution in [-0.2, 0) is 26.2 Å². The first-order valence-electron chi connectivity index (χ1n) is 13.6. The van der Waals surface area contributed by atoms with Crippen LogP contribution in [0.3, 0.4) is 0 Å². The van der Waals surface area contributed by atoms with E-state index in [0.29, 0.717) is 17.9 Å². The van der Waals surface area contributed by atoms with E-state index in [1.54, 1.807) is 55.6 Å². The zero-order valence-corrected chi connectivity index (χ0v) is 26.5. The summed E-state index contributed by atoms with van der Waals surface area (Å²) in [6.45, 7) is 7.22. The van der Waals surface area contributed by atoms with Gasteiger partial charge in [-0.2, -0.15) is 0 Å². The Morgan fingerprint density at radius 1 is 0.927 bits per heavy atom. The molecule has 220 valence electrons. The van der Waals surface area contributed by atoms with E-state index in [1.807, 2.05) is 39.8 Å². The molecule has 41 heavy (non-hydrogen) atoms. The minimum absolute atomic E-state index is 0.0714. The molecule has 3 aromatic rings. The smallest absolute Gasteiger partial charge is 0.264 e. The molecule has 0 radical (unpaired) electrons. The molecule has 2 unspecified atom stereocenters. The predicted molar refractivity (Wildman–Crippen MR) is 165 cm³/mol. The lowest BCUT2D eigenvalue weighted by atomic mass is 10.1. The Labute approximate surface area is 251 Å². The number of anilines is 1. The normalized spacial score (nSPS) is 12.7. The molecule has 0 aromatic heterocycles. The van der Waals surface area contributed by atoms with Crippen molar-refractivity contribution < 1.29 is 22.7 Å². The van der Waals surface area contributed by atoms with E-state index in [9.17, 15) is 18.0 Å². The number of hydrogen-bond acceptors (Lipinski definition) is 5. The van der Waals surface area contributed by atoms with Gasteiger partial charge in [-0.1, -0.05) is 59.6 Å². The van der Waals surface area contributed by atoms with Crippen molar-refractivity contribution in [3.63, 3.8) is 0 Å². The standard InChI is InChI=1S/C31H38BrN3O5S/c1-6-23(4)33-31(37)29(7-2)34(20-24-10-16-27(40-5)17-11-24)30(36)21-35(26-14-12-25(32)13-15-26)41(38,39)28-18-8-22(3)9-19-28/h8-19,23,29H,6-7,20-21H2,1-5H3,(H,33,37). The molecule has 0 aliphatic heterocycles. The van der Waals surface area contributed by atoms with Crippen LogP contribution in [0.15, 0.2) is 82.2 Å². The number of ether oxygens (including phenoxy) is 1. The fourth-order valence-corrected chi connectivity index (χ4v) is 5.94. The number of amides is 2. The lowest BCUT2D eigenvalue weighted by Gasteiger charge is -2.33. The summed E-state index contributed by atoms with van der Waals surface area (Å²) in [7, 11) is -2.54. The molecule has 0 aliphatic carbocycles. The molecule has 8 nitrogen and oxygen atoms in total. The number of methoxy groups -OCH3 is 1. The number of carbonyl (C=O) groups excluding carboxylic acids is 2. The van der Waals surface area contributed by atoms with E-state index in [1.165, 1.54) is 17.0 Å². The Morgan fingerprint density at radius 3 is 2.07 bits per heavy atom. The number of halogens is 1. The second-order valence-electron chi connectivity index (χ2n) is 9.91. The third-order valence-electron chi connectivity index (χ3n) is 6.90. The van der Waals surface area contributed by atoms with Crippen molar-refractivity contribution in [1.29, 1.82) is 0 Å². The minimum Gasteiger partial charge on any atom is -0.497 e. The van der Waals surface area contributed by atoms with Gasteiger partial charge in [-0.05, 0) is 80.8 Å². The van der Waals surface area contributed by atoms with Crippen molar-refractivity contribution in [3.05, 3.63) is 88.4 Å². The largest absolute Gasteiger partial charge is 0.497 e. The Kier molecular flexibility index (Phi) is 11.4. The lowest BCUT2D eigenvalue weighted by Crippen LogP contribution is -2.53. The Morgan fingerprint density at radius 2 is 1.54 bits per heavy atom. The summed E-state index contributed by atoms with van der Waals surface area (Å²) in [5.74, 6) is -0.107. The molecule has 0 spiro atoms. The molecule has 0 aliphatic rings. The molecule has 0 saturated heterocycles. The molecule has 2 atom stereocenters. The summed E-state index contributed by atoms with van der Waals surface area (Å²) in [5, 5.41) is 2.98. The minimum atomic E-state index is -4.12. The highest BCUT2D eigenvalue weighted by Gasteiger charge is 2.34. The van der Waals surface area contributed by atoms with Gasteiger partial charge in [-0.3, -0.25) is 13.9 Å². The van der Waals surface area contributed by atoms with Gasteiger partial charge < -0.3 is 15.0 Å². The van der Waals surface area contributed by atoms with E-state index in [0.717, 1.165) is 26.3 Å². The molecular formula is C31H38BrN3O5S.